The first-order chi connectivity index (χ1) is 15.1. The van der Waals surface area contributed by atoms with Crippen LogP contribution in [-0.2, 0) is 9.53 Å². The first kappa shape index (κ1) is 21.4. The third kappa shape index (κ3) is 5.00. The van der Waals surface area contributed by atoms with Gasteiger partial charge in [-0.3, -0.25) is 4.79 Å². The predicted octanol–water partition coefficient (Wildman–Crippen LogP) is 2.95. The molecule has 0 aliphatic heterocycles. The van der Waals surface area contributed by atoms with Crippen molar-refractivity contribution in [3.63, 3.8) is 0 Å². The van der Waals surface area contributed by atoms with E-state index < -0.39 is 18.5 Å². The summed E-state index contributed by atoms with van der Waals surface area (Å²) >= 11 is 0. The van der Waals surface area contributed by atoms with Gasteiger partial charge in [-0.2, -0.15) is 10.4 Å². The minimum Gasteiger partial charge on any atom is -0.493 e. The van der Waals surface area contributed by atoms with Crippen LogP contribution in [0.1, 0.15) is 22.8 Å². The molecule has 2 aromatic carbocycles. The largest absolute Gasteiger partial charge is 0.493 e. The molecule has 0 bridgehead atoms. The molecular weight excluding hydrogens is 400 g/mol. The molecule has 0 aliphatic carbocycles. The number of esters is 1. The van der Waals surface area contributed by atoms with Crippen LogP contribution in [0.15, 0.2) is 54.7 Å². The molecule has 0 unspecified atom stereocenters. The molecule has 1 amide bonds. The van der Waals surface area contributed by atoms with Gasteiger partial charge in [0.15, 0.2) is 23.9 Å². The fourth-order valence-corrected chi connectivity index (χ4v) is 2.77. The number of para-hydroxylation sites is 1. The lowest BCUT2D eigenvalue weighted by molar-refractivity contribution is -0.119. The Balaban J connectivity index is 1.69. The molecule has 31 heavy (non-hydrogen) atoms. The SMILES string of the molecule is CCOc1cc(C(=O)OCC(=O)Nc2c(C#N)cnn2-c2ccccc2)ccc1OC. The van der Waals surface area contributed by atoms with Crippen molar-refractivity contribution in [2.24, 2.45) is 0 Å². The predicted molar refractivity (Wildman–Crippen MR) is 111 cm³/mol. The Hall–Kier alpha value is -4.32. The summed E-state index contributed by atoms with van der Waals surface area (Å²) in [6, 6.07) is 15.6. The van der Waals surface area contributed by atoms with E-state index in [1.165, 1.54) is 30.1 Å². The van der Waals surface area contributed by atoms with Crippen molar-refractivity contribution in [2.45, 2.75) is 6.92 Å². The lowest BCUT2D eigenvalue weighted by atomic mass is 10.2. The second kappa shape index (κ2) is 9.93. The van der Waals surface area contributed by atoms with E-state index in [4.69, 9.17) is 14.2 Å². The molecule has 0 saturated heterocycles. The summed E-state index contributed by atoms with van der Waals surface area (Å²) in [4.78, 5) is 24.7. The van der Waals surface area contributed by atoms with Gasteiger partial charge >= 0.3 is 5.97 Å². The van der Waals surface area contributed by atoms with Crippen molar-refractivity contribution in [1.29, 1.82) is 5.26 Å². The molecule has 1 aromatic heterocycles. The van der Waals surface area contributed by atoms with Gasteiger partial charge in [0.2, 0.25) is 0 Å². The first-order valence-electron chi connectivity index (χ1n) is 9.38. The van der Waals surface area contributed by atoms with E-state index in [9.17, 15) is 14.9 Å². The number of carbonyl (C=O) groups excluding carboxylic acids is 2. The summed E-state index contributed by atoms with van der Waals surface area (Å²) < 4.78 is 17.2. The lowest BCUT2D eigenvalue weighted by Gasteiger charge is -2.12. The maximum absolute atomic E-state index is 12.4. The van der Waals surface area contributed by atoms with Crippen molar-refractivity contribution in [2.75, 3.05) is 25.6 Å². The Morgan fingerprint density at radius 1 is 1.16 bits per heavy atom. The van der Waals surface area contributed by atoms with Gasteiger partial charge in [0, 0.05) is 0 Å². The van der Waals surface area contributed by atoms with E-state index in [2.05, 4.69) is 10.4 Å². The standard InChI is InChI=1S/C22H20N4O5/c1-3-30-19-11-15(9-10-18(19)29-2)22(28)31-14-20(27)25-21-16(12-23)13-24-26(21)17-7-5-4-6-8-17/h4-11,13H,3,14H2,1-2H3,(H,25,27). The number of rotatable bonds is 8. The van der Waals surface area contributed by atoms with Crippen molar-refractivity contribution in [3.05, 3.63) is 65.9 Å². The van der Waals surface area contributed by atoms with Crippen LogP contribution in [0.2, 0.25) is 0 Å². The zero-order valence-corrected chi connectivity index (χ0v) is 17.0. The monoisotopic (exact) mass is 420 g/mol. The van der Waals surface area contributed by atoms with E-state index in [-0.39, 0.29) is 16.9 Å². The summed E-state index contributed by atoms with van der Waals surface area (Å²) in [6.07, 6.45) is 1.35. The first-order valence-corrected chi connectivity index (χ1v) is 9.38. The van der Waals surface area contributed by atoms with E-state index >= 15 is 0 Å². The number of methoxy groups -OCH3 is 1. The molecule has 1 heterocycles. The number of hydrogen-bond acceptors (Lipinski definition) is 7. The Morgan fingerprint density at radius 2 is 1.94 bits per heavy atom. The number of aromatic nitrogens is 2. The third-order valence-electron chi connectivity index (χ3n) is 4.18. The van der Waals surface area contributed by atoms with Gasteiger partial charge in [-0.15, -0.1) is 0 Å². The Labute approximate surface area is 178 Å². The Bertz CT molecular complexity index is 1120. The zero-order valence-electron chi connectivity index (χ0n) is 17.0. The van der Waals surface area contributed by atoms with E-state index in [1.54, 1.807) is 18.2 Å². The maximum atomic E-state index is 12.4. The van der Waals surface area contributed by atoms with Crippen LogP contribution in [0.3, 0.4) is 0 Å². The number of nitrogens with zero attached hydrogens (tertiary/aromatic N) is 3. The molecule has 0 saturated carbocycles. The average Bonchev–Trinajstić information content (AvgIpc) is 3.20. The van der Waals surface area contributed by atoms with Crippen molar-refractivity contribution in [3.8, 4) is 23.3 Å². The highest BCUT2D eigenvalue weighted by Crippen LogP contribution is 2.28. The van der Waals surface area contributed by atoms with E-state index in [0.29, 0.717) is 23.8 Å². The third-order valence-corrected chi connectivity index (χ3v) is 4.18. The van der Waals surface area contributed by atoms with E-state index in [0.717, 1.165) is 0 Å². The molecule has 9 nitrogen and oxygen atoms in total. The van der Waals surface area contributed by atoms with Gasteiger partial charge in [-0.25, -0.2) is 9.48 Å². The number of nitrogens with one attached hydrogen (secondary N) is 1. The van der Waals surface area contributed by atoms with Crippen molar-refractivity contribution >= 4 is 17.7 Å². The van der Waals surface area contributed by atoms with E-state index in [1.807, 2.05) is 31.2 Å². The fourth-order valence-electron chi connectivity index (χ4n) is 2.77. The molecular formula is C22H20N4O5. The molecule has 0 atom stereocenters. The molecule has 0 aliphatic rings. The summed E-state index contributed by atoms with van der Waals surface area (Å²) in [5.74, 6) is -0.238. The molecule has 3 aromatic rings. The van der Waals surface area contributed by atoms with Crippen LogP contribution < -0.4 is 14.8 Å². The highest BCUT2D eigenvalue weighted by atomic mass is 16.5. The molecule has 1 N–H and O–H groups in total. The van der Waals surface area contributed by atoms with Crippen LogP contribution in [0.25, 0.3) is 5.69 Å². The Kier molecular flexibility index (Phi) is 6.85. The average molecular weight is 420 g/mol. The second-order valence-corrected chi connectivity index (χ2v) is 6.19. The summed E-state index contributed by atoms with van der Waals surface area (Å²) in [5.41, 5.74) is 1.06. The number of ether oxygens (including phenoxy) is 3. The highest BCUT2D eigenvalue weighted by Gasteiger charge is 2.17. The van der Waals surface area contributed by atoms with Gasteiger partial charge in [-0.1, -0.05) is 18.2 Å². The van der Waals surface area contributed by atoms with Crippen LogP contribution in [0.5, 0.6) is 11.5 Å². The molecule has 0 radical (unpaired) electrons. The minimum absolute atomic E-state index is 0.181. The summed E-state index contributed by atoms with van der Waals surface area (Å²) in [7, 11) is 1.50. The minimum atomic E-state index is -0.698. The van der Waals surface area contributed by atoms with Gasteiger partial charge in [0.05, 0.1) is 31.2 Å². The van der Waals surface area contributed by atoms with Gasteiger partial charge in [0.25, 0.3) is 5.91 Å². The molecule has 158 valence electrons. The number of nitriles is 1. The summed E-state index contributed by atoms with van der Waals surface area (Å²) in [5, 5.41) is 16.0. The molecule has 0 spiro atoms. The quantitative estimate of drug-likeness (QED) is 0.557. The number of anilines is 1. The Morgan fingerprint density at radius 3 is 2.61 bits per heavy atom. The zero-order chi connectivity index (χ0) is 22.2. The number of amides is 1. The van der Waals surface area contributed by atoms with Gasteiger partial charge in [0.1, 0.15) is 11.6 Å². The van der Waals surface area contributed by atoms with Crippen molar-refractivity contribution in [1.82, 2.24) is 9.78 Å². The summed E-state index contributed by atoms with van der Waals surface area (Å²) in [6.45, 7) is 1.66. The van der Waals surface area contributed by atoms with Crippen molar-refractivity contribution < 1.29 is 23.8 Å². The second-order valence-electron chi connectivity index (χ2n) is 6.19. The molecule has 9 heteroatoms. The van der Waals surface area contributed by atoms with Crippen LogP contribution in [0.4, 0.5) is 5.82 Å². The van der Waals surface area contributed by atoms with Gasteiger partial charge < -0.3 is 19.5 Å². The normalized spacial score (nSPS) is 10.1. The number of carbonyl (C=O) groups is 2. The van der Waals surface area contributed by atoms with Crippen LogP contribution in [-0.4, -0.2) is 42.0 Å². The highest BCUT2D eigenvalue weighted by molar-refractivity contribution is 5.96. The van der Waals surface area contributed by atoms with Gasteiger partial charge in [-0.05, 0) is 37.3 Å². The number of hydrogen-bond donors (Lipinski definition) is 1. The van der Waals surface area contributed by atoms with Crippen LogP contribution in [0, 0.1) is 11.3 Å². The topological polar surface area (TPSA) is 115 Å². The van der Waals surface area contributed by atoms with Crippen LogP contribution >= 0.6 is 0 Å². The molecule has 0 fully saturated rings. The lowest BCUT2D eigenvalue weighted by Crippen LogP contribution is -2.23. The fraction of sp³-hybridized carbons (Fsp3) is 0.182. The molecule has 3 rings (SSSR count). The smallest absolute Gasteiger partial charge is 0.338 e. The number of benzene rings is 2. The maximum Gasteiger partial charge on any atom is 0.338 e.